The standard InChI is InChI=1S/C48H35N2O2P/c1-53(2,51)38-22-14-21-37(31-38)32-25-27-36(28-26-32)46-47(50-45(35-19-10-5-11-20-35)44(49-46)34-17-8-4-9-18-34)41-30-29-39(33-15-6-3-7-16-33)43-40-23-12-13-24-42(40)52-48(41)43/h3-31H,1-2H3. The minimum Gasteiger partial charge on any atom is -0.455 e. The number of aromatic nitrogens is 2. The molecular formula is C48H35N2O2P. The van der Waals surface area contributed by atoms with Crippen LogP contribution < -0.4 is 5.30 Å². The number of rotatable bonds is 7. The minimum atomic E-state index is -2.41. The van der Waals surface area contributed by atoms with Crippen LogP contribution in [-0.4, -0.2) is 23.3 Å². The van der Waals surface area contributed by atoms with Gasteiger partial charge in [0.1, 0.15) is 24.0 Å². The molecule has 0 radical (unpaired) electrons. The summed E-state index contributed by atoms with van der Waals surface area (Å²) in [6, 6.07) is 60.0. The van der Waals surface area contributed by atoms with E-state index < -0.39 is 7.14 Å². The van der Waals surface area contributed by atoms with E-state index in [9.17, 15) is 4.57 Å². The molecule has 0 aliphatic heterocycles. The fourth-order valence-corrected chi connectivity index (χ4v) is 8.03. The summed E-state index contributed by atoms with van der Waals surface area (Å²) in [5.74, 6) is 0. The Morgan fingerprint density at radius 1 is 0.434 bits per heavy atom. The largest absolute Gasteiger partial charge is 0.455 e. The first-order chi connectivity index (χ1) is 25.9. The molecule has 0 atom stereocenters. The van der Waals surface area contributed by atoms with E-state index >= 15 is 0 Å². The first-order valence-electron chi connectivity index (χ1n) is 17.7. The van der Waals surface area contributed by atoms with Crippen molar-refractivity contribution >= 4 is 34.4 Å². The molecule has 2 aromatic heterocycles. The van der Waals surface area contributed by atoms with Gasteiger partial charge in [0.2, 0.25) is 0 Å². The fraction of sp³-hybridized carbons (Fsp3) is 0.0417. The summed E-state index contributed by atoms with van der Waals surface area (Å²) in [5.41, 5.74) is 12.7. The number of nitrogens with zero attached hydrogens (tertiary/aromatic N) is 2. The quantitative estimate of drug-likeness (QED) is 0.155. The zero-order chi connectivity index (χ0) is 35.9. The van der Waals surface area contributed by atoms with Crippen LogP contribution in [0.15, 0.2) is 180 Å². The van der Waals surface area contributed by atoms with Crippen LogP contribution >= 0.6 is 7.14 Å². The monoisotopic (exact) mass is 702 g/mol. The molecule has 0 N–H and O–H groups in total. The summed E-state index contributed by atoms with van der Waals surface area (Å²) >= 11 is 0. The smallest absolute Gasteiger partial charge is 0.145 e. The molecule has 53 heavy (non-hydrogen) atoms. The van der Waals surface area contributed by atoms with Crippen molar-refractivity contribution in [1.29, 1.82) is 0 Å². The third kappa shape index (κ3) is 6.08. The number of fused-ring (bicyclic) bond motifs is 3. The number of benzene rings is 7. The second kappa shape index (κ2) is 13.3. The van der Waals surface area contributed by atoms with Gasteiger partial charge in [-0.1, -0.05) is 158 Å². The van der Waals surface area contributed by atoms with E-state index in [4.69, 9.17) is 14.4 Å². The Hall–Kier alpha value is -6.35. The van der Waals surface area contributed by atoms with Gasteiger partial charge in [-0.3, -0.25) is 0 Å². The number of hydrogen-bond acceptors (Lipinski definition) is 4. The summed E-state index contributed by atoms with van der Waals surface area (Å²) in [6.07, 6.45) is 0. The van der Waals surface area contributed by atoms with Crippen LogP contribution in [0.5, 0.6) is 0 Å². The van der Waals surface area contributed by atoms with Gasteiger partial charge in [0.05, 0.1) is 17.1 Å². The van der Waals surface area contributed by atoms with Gasteiger partial charge in [-0.15, -0.1) is 0 Å². The lowest BCUT2D eigenvalue weighted by Crippen LogP contribution is -2.02. The Morgan fingerprint density at radius 2 is 0.925 bits per heavy atom. The van der Waals surface area contributed by atoms with E-state index in [0.717, 1.165) is 94.5 Å². The Kier molecular flexibility index (Phi) is 8.18. The predicted molar refractivity (Wildman–Crippen MR) is 221 cm³/mol. The molecule has 254 valence electrons. The topological polar surface area (TPSA) is 56.0 Å². The Bertz CT molecular complexity index is 2810. The van der Waals surface area contributed by atoms with Gasteiger partial charge in [-0.05, 0) is 53.8 Å². The summed E-state index contributed by atoms with van der Waals surface area (Å²) < 4.78 is 19.7. The third-order valence-electron chi connectivity index (χ3n) is 9.82. The molecule has 2 heterocycles. The Labute approximate surface area is 308 Å². The molecule has 5 heteroatoms. The summed E-state index contributed by atoms with van der Waals surface area (Å²) in [4.78, 5) is 11.1. The highest BCUT2D eigenvalue weighted by Gasteiger charge is 2.24. The highest BCUT2D eigenvalue weighted by molar-refractivity contribution is 7.70. The fourth-order valence-electron chi connectivity index (χ4n) is 7.13. The van der Waals surface area contributed by atoms with Crippen molar-refractivity contribution in [2.45, 2.75) is 0 Å². The van der Waals surface area contributed by atoms with E-state index in [1.807, 2.05) is 86.1 Å². The molecule has 7 aromatic carbocycles. The summed E-state index contributed by atoms with van der Waals surface area (Å²) in [6.45, 7) is 3.62. The van der Waals surface area contributed by atoms with Crippen LogP contribution in [0.3, 0.4) is 0 Å². The Balaban J connectivity index is 1.32. The number of furan rings is 1. The molecule has 9 aromatic rings. The van der Waals surface area contributed by atoms with Crippen molar-refractivity contribution < 1.29 is 8.98 Å². The van der Waals surface area contributed by atoms with Crippen LogP contribution in [0, 0.1) is 0 Å². The van der Waals surface area contributed by atoms with Crippen LogP contribution in [0.2, 0.25) is 0 Å². The highest BCUT2D eigenvalue weighted by atomic mass is 31.2. The van der Waals surface area contributed by atoms with Gasteiger partial charge in [-0.25, -0.2) is 9.97 Å². The number of para-hydroxylation sites is 1. The molecule has 9 rings (SSSR count). The van der Waals surface area contributed by atoms with Crippen LogP contribution in [0.25, 0.3) is 89.2 Å². The van der Waals surface area contributed by atoms with Gasteiger partial charge >= 0.3 is 0 Å². The predicted octanol–water partition coefficient (Wildman–Crippen LogP) is 12.6. The molecule has 0 saturated carbocycles. The van der Waals surface area contributed by atoms with Crippen molar-refractivity contribution in [1.82, 2.24) is 9.97 Å². The molecule has 0 amide bonds. The lowest BCUT2D eigenvalue weighted by atomic mass is 9.94. The zero-order valence-electron chi connectivity index (χ0n) is 29.4. The maximum atomic E-state index is 12.9. The zero-order valence-corrected chi connectivity index (χ0v) is 30.3. The summed E-state index contributed by atoms with van der Waals surface area (Å²) in [5, 5.41) is 2.96. The molecule has 0 saturated heterocycles. The van der Waals surface area contributed by atoms with E-state index in [1.165, 1.54) is 0 Å². The van der Waals surface area contributed by atoms with Gasteiger partial charge in [0.25, 0.3) is 0 Å². The molecule has 0 aliphatic carbocycles. The minimum absolute atomic E-state index is 0.736. The van der Waals surface area contributed by atoms with Crippen molar-refractivity contribution in [2.24, 2.45) is 0 Å². The maximum absolute atomic E-state index is 12.9. The van der Waals surface area contributed by atoms with Gasteiger partial charge in [0.15, 0.2) is 0 Å². The van der Waals surface area contributed by atoms with Crippen LogP contribution in [0.4, 0.5) is 0 Å². The SMILES string of the molecule is CP(C)(=O)c1cccc(-c2ccc(-c3nc(-c4ccccc4)c(-c4ccccc4)nc3-c3ccc(-c4ccccc4)c4c3oc3ccccc34)cc2)c1. The molecule has 0 unspecified atom stereocenters. The average molecular weight is 703 g/mol. The van der Waals surface area contributed by atoms with E-state index in [1.54, 1.807) is 0 Å². The van der Waals surface area contributed by atoms with Crippen molar-refractivity contribution in [3.63, 3.8) is 0 Å². The number of hydrogen-bond donors (Lipinski definition) is 0. The highest BCUT2D eigenvalue weighted by Crippen LogP contribution is 2.45. The second-order valence-electron chi connectivity index (χ2n) is 13.7. The van der Waals surface area contributed by atoms with Gasteiger partial charge < -0.3 is 8.98 Å². The molecule has 0 aliphatic rings. The average Bonchev–Trinajstić information content (AvgIpc) is 3.61. The van der Waals surface area contributed by atoms with Gasteiger partial charge in [0, 0.05) is 38.3 Å². The maximum Gasteiger partial charge on any atom is 0.145 e. The van der Waals surface area contributed by atoms with Crippen molar-refractivity contribution in [2.75, 3.05) is 13.3 Å². The first kappa shape index (κ1) is 32.6. The van der Waals surface area contributed by atoms with Crippen molar-refractivity contribution in [3.05, 3.63) is 176 Å². The first-order valence-corrected chi connectivity index (χ1v) is 20.3. The van der Waals surface area contributed by atoms with E-state index in [0.29, 0.717) is 0 Å². The van der Waals surface area contributed by atoms with E-state index in [2.05, 4.69) is 103 Å². The normalized spacial score (nSPS) is 11.7. The van der Waals surface area contributed by atoms with Gasteiger partial charge in [-0.2, -0.15) is 0 Å². The van der Waals surface area contributed by atoms with Crippen LogP contribution in [0.1, 0.15) is 0 Å². The second-order valence-corrected chi connectivity index (χ2v) is 16.9. The molecule has 4 nitrogen and oxygen atoms in total. The lowest BCUT2D eigenvalue weighted by Gasteiger charge is -2.17. The molecule has 0 fully saturated rings. The third-order valence-corrected chi connectivity index (χ3v) is 11.3. The van der Waals surface area contributed by atoms with E-state index in [-0.39, 0.29) is 0 Å². The molecular weight excluding hydrogens is 668 g/mol. The molecule has 0 spiro atoms. The summed E-state index contributed by atoms with van der Waals surface area (Å²) in [7, 11) is -2.41. The van der Waals surface area contributed by atoms with Crippen LogP contribution in [-0.2, 0) is 4.57 Å². The lowest BCUT2D eigenvalue weighted by molar-refractivity contribution is 0.588. The Morgan fingerprint density at radius 3 is 1.57 bits per heavy atom. The van der Waals surface area contributed by atoms with Crippen molar-refractivity contribution in [3.8, 4) is 67.3 Å². The molecule has 0 bridgehead atoms.